The summed E-state index contributed by atoms with van der Waals surface area (Å²) in [6, 6.07) is 10.9. The van der Waals surface area contributed by atoms with Gasteiger partial charge < -0.3 is 5.32 Å². The average molecular weight is 176 g/mol. The molecule has 70 valence electrons. The predicted molar refractivity (Wildman–Crippen MR) is 54.5 cm³/mol. The second-order valence-corrected chi connectivity index (χ2v) is 4.00. The van der Waals surface area contributed by atoms with E-state index in [9.17, 15) is 0 Å². The number of rotatable bonds is 2. The van der Waals surface area contributed by atoms with Crippen molar-refractivity contribution in [3.63, 3.8) is 0 Å². The monoisotopic (exact) mass is 176 g/mol. The minimum atomic E-state index is 0.937. The highest BCUT2D eigenvalue weighted by Gasteiger charge is 2.15. The molecule has 0 radical (unpaired) electrons. The molecule has 1 fully saturated rings. The molecule has 0 aliphatic carbocycles. The molecule has 1 aromatic carbocycles. The Morgan fingerprint density at radius 3 is 2.46 bits per heavy atom. The number of hydrogen-bond acceptors (Lipinski definition) is 0. The fourth-order valence-electron chi connectivity index (χ4n) is 2.15. The Morgan fingerprint density at radius 1 is 1.08 bits per heavy atom. The minimum Gasteiger partial charge on any atom is -0.346 e. The highest BCUT2D eigenvalue weighted by Crippen LogP contribution is 2.15. The molecule has 0 unspecified atom stereocenters. The molecule has 0 bridgehead atoms. The van der Waals surface area contributed by atoms with Crippen LogP contribution in [0.4, 0.5) is 0 Å². The zero-order chi connectivity index (χ0) is 8.93. The van der Waals surface area contributed by atoms with Crippen molar-refractivity contribution < 1.29 is 5.32 Å². The van der Waals surface area contributed by atoms with Gasteiger partial charge in [0, 0.05) is 0 Å². The van der Waals surface area contributed by atoms with Gasteiger partial charge in [-0.1, -0.05) is 30.3 Å². The van der Waals surface area contributed by atoms with Gasteiger partial charge in [0.1, 0.15) is 0 Å². The summed E-state index contributed by atoms with van der Waals surface area (Å²) >= 11 is 0. The summed E-state index contributed by atoms with van der Waals surface area (Å²) in [7, 11) is 0. The molecular formula is C12H18N+. The van der Waals surface area contributed by atoms with Crippen LogP contribution in [0.5, 0.6) is 0 Å². The van der Waals surface area contributed by atoms with E-state index in [1.54, 1.807) is 0 Å². The van der Waals surface area contributed by atoms with Gasteiger partial charge in [-0.05, 0) is 30.7 Å². The molecule has 2 rings (SSSR count). The first-order chi connectivity index (χ1) is 6.45. The van der Waals surface area contributed by atoms with E-state index in [1.807, 2.05) is 0 Å². The topological polar surface area (TPSA) is 16.6 Å². The SMILES string of the molecule is c1ccc(CC2CC[NH2+]CC2)cc1. The first-order valence-corrected chi connectivity index (χ1v) is 5.31. The predicted octanol–water partition coefficient (Wildman–Crippen LogP) is 1.20. The quantitative estimate of drug-likeness (QED) is 0.697. The number of nitrogens with two attached hydrogens (primary N) is 1. The number of quaternary nitrogens is 1. The molecule has 1 saturated heterocycles. The van der Waals surface area contributed by atoms with Crippen LogP contribution in [0.3, 0.4) is 0 Å². The van der Waals surface area contributed by atoms with Gasteiger partial charge in [0.15, 0.2) is 0 Å². The van der Waals surface area contributed by atoms with Crippen molar-refractivity contribution in [3.05, 3.63) is 35.9 Å². The molecule has 0 aromatic heterocycles. The van der Waals surface area contributed by atoms with Crippen molar-refractivity contribution in [2.45, 2.75) is 19.3 Å². The Bertz CT molecular complexity index is 237. The van der Waals surface area contributed by atoms with E-state index in [1.165, 1.54) is 37.9 Å². The van der Waals surface area contributed by atoms with E-state index >= 15 is 0 Å². The highest BCUT2D eigenvalue weighted by atomic mass is 14.9. The molecule has 1 heteroatoms. The van der Waals surface area contributed by atoms with Crippen LogP contribution in [0.1, 0.15) is 18.4 Å². The zero-order valence-corrected chi connectivity index (χ0v) is 8.08. The molecule has 0 atom stereocenters. The third-order valence-corrected chi connectivity index (χ3v) is 2.93. The van der Waals surface area contributed by atoms with Crippen LogP contribution in [0.25, 0.3) is 0 Å². The maximum absolute atomic E-state index is 2.43. The van der Waals surface area contributed by atoms with Crippen molar-refractivity contribution in [1.82, 2.24) is 0 Å². The first-order valence-electron chi connectivity index (χ1n) is 5.31. The van der Waals surface area contributed by atoms with Crippen molar-refractivity contribution in [1.29, 1.82) is 0 Å². The summed E-state index contributed by atoms with van der Waals surface area (Å²) in [5.74, 6) is 0.937. The third-order valence-electron chi connectivity index (χ3n) is 2.93. The van der Waals surface area contributed by atoms with Gasteiger partial charge in [-0.25, -0.2) is 0 Å². The second kappa shape index (κ2) is 4.43. The lowest BCUT2D eigenvalue weighted by Crippen LogP contribution is -2.86. The normalized spacial score (nSPS) is 18.8. The van der Waals surface area contributed by atoms with Gasteiger partial charge in [-0.3, -0.25) is 0 Å². The van der Waals surface area contributed by atoms with E-state index < -0.39 is 0 Å². The van der Waals surface area contributed by atoms with Crippen LogP contribution in [0.15, 0.2) is 30.3 Å². The molecule has 2 N–H and O–H groups in total. The molecule has 13 heavy (non-hydrogen) atoms. The van der Waals surface area contributed by atoms with E-state index in [4.69, 9.17) is 0 Å². The summed E-state index contributed by atoms with van der Waals surface area (Å²) in [5.41, 5.74) is 1.51. The van der Waals surface area contributed by atoms with Gasteiger partial charge in [-0.2, -0.15) is 0 Å². The Labute approximate surface area is 80.2 Å². The van der Waals surface area contributed by atoms with Crippen LogP contribution >= 0.6 is 0 Å². The molecule has 0 saturated carbocycles. The summed E-state index contributed by atoms with van der Waals surface area (Å²) in [6.07, 6.45) is 4.08. The number of benzene rings is 1. The molecular weight excluding hydrogens is 158 g/mol. The van der Waals surface area contributed by atoms with E-state index in [0.29, 0.717) is 0 Å². The first kappa shape index (κ1) is 8.76. The summed E-state index contributed by atoms with van der Waals surface area (Å²) in [5, 5.41) is 2.43. The third kappa shape index (κ3) is 2.56. The van der Waals surface area contributed by atoms with E-state index in [0.717, 1.165) is 5.92 Å². The van der Waals surface area contributed by atoms with Crippen LogP contribution in [0, 0.1) is 5.92 Å². The lowest BCUT2D eigenvalue weighted by Gasteiger charge is -2.20. The molecule has 1 aromatic rings. The van der Waals surface area contributed by atoms with Crippen LogP contribution < -0.4 is 5.32 Å². The van der Waals surface area contributed by atoms with Gasteiger partial charge in [0.2, 0.25) is 0 Å². The smallest absolute Gasteiger partial charge is 0.0758 e. The lowest BCUT2D eigenvalue weighted by atomic mass is 9.91. The molecule has 0 amide bonds. The van der Waals surface area contributed by atoms with Gasteiger partial charge in [0.05, 0.1) is 13.1 Å². The summed E-state index contributed by atoms with van der Waals surface area (Å²) < 4.78 is 0. The van der Waals surface area contributed by atoms with Crippen LogP contribution in [-0.2, 0) is 6.42 Å². The zero-order valence-electron chi connectivity index (χ0n) is 8.08. The average Bonchev–Trinajstić information content (AvgIpc) is 2.21. The van der Waals surface area contributed by atoms with E-state index in [2.05, 4.69) is 35.6 Å². The molecule has 1 aliphatic heterocycles. The Hall–Kier alpha value is -0.820. The fourth-order valence-corrected chi connectivity index (χ4v) is 2.15. The molecule has 0 spiro atoms. The lowest BCUT2D eigenvalue weighted by molar-refractivity contribution is -0.664. The minimum absolute atomic E-state index is 0.937. The standard InChI is InChI=1S/C12H17N/c1-2-4-11(5-3-1)10-12-6-8-13-9-7-12/h1-5,12-13H,6-10H2/p+1. The summed E-state index contributed by atoms with van der Waals surface area (Å²) in [4.78, 5) is 0. The van der Waals surface area contributed by atoms with E-state index in [-0.39, 0.29) is 0 Å². The largest absolute Gasteiger partial charge is 0.346 e. The van der Waals surface area contributed by atoms with Crippen molar-refractivity contribution in [2.24, 2.45) is 5.92 Å². The van der Waals surface area contributed by atoms with Crippen molar-refractivity contribution >= 4 is 0 Å². The van der Waals surface area contributed by atoms with Crippen LogP contribution in [0.2, 0.25) is 0 Å². The molecule has 1 nitrogen and oxygen atoms in total. The van der Waals surface area contributed by atoms with Crippen LogP contribution in [-0.4, -0.2) is 13.1 Å². The number of hydrogen-bond donors (Lipinski definition) is 1. The fraction of sp³-hybridized carbons (Fsp3) is 0.500. The second-order valence-electron chi connectivity index (χ2n) is 4.00. The maximum atomic E-state index is 2.43. The Kier molecular flexibility index (Phi) is 2.98. The number of piperidine rings is 1. The Morgan fingerprint density at radius 2 is 1.77 bits per heavy atom. The highest BCUT2D eigenvalue weighted by molar-refractivity contribution is 5.15. The maximum Gasteiger partial charge on any atom is 0.0758 e. The molecule has 1 aliphatic rings. The van der Waals surface area contributed by atoms with Gasteiger partial charge in [0.25, 0.3) is 0 Å². The van der Waals surface area contributed by atoms with Crippen molar-refractivity contribution in [3.8, 4) is 0 Å². The molecule has 1 heterocycles. The van der Waals surface area contributed by atoms with Gasteiger partial charge >= 0.3 is 0 Å². The summed E-state index contributed by atoms with van der Waals surface area (Å²) in [6.45, 7) is 2.66. The van der Waals surface area contributed by atoms with Gasteiger partial charge in [-0.15, -0.1) is 0 Å². The Balaban J connectivity index is 1.90. The van der Waals surface area contributed by atoms with Crippen molar-refractivity contribution in [2.75, 3.05) is 13.1 Å².